The third kappa shape index (κ3) is 3.92. The Morgan fingerprint density at radius 1 is 1.05 bits per heavy atom. The first-order valence-electron chi connectivity index (χ1n) is 6.72. The Bertz CT molecular complexity index is 756. The average molecular weight is 321 g/mol. The first-order valence-corrected chi connectivity index (χ1v) is 8.37. The van der Waals surface area contributed by atoms with Crippen LogP contribution >= 0.6 is 0 Å². The largest absolute Gasteiger partial charge is 0.497 e. The normalized spacial score (nSPS) is 11.0. The van der Waals surface area contributed by atoms with Crippen LogP contribution in [0.4, 0.5) is 5.69 Å². The molecule has 1 N–H and O–H groups in total. The molecule has 0 radical (unpaired) electrons. The van der Waals surface area contributed by atoms with E-state index in [-0.39, 0.29) is 5.75 Å². The maximum Gasteiger partial charge on any atom is 0.237 e. The number of benzene rings is 2. The van der Waals surface area contributed by atoms with Gasteiger partial charge in [0.05, 0.1) is 25.7 Å². The molecule has 5 nitrogen and oxygen atoms in total. The third-order valence-corrected chi connectivity index (χ3v) is 4.50. The Hall–Kier alpha value is -2.21. The number of sulfonamides is 1. The van der Waals surface area contributed by atoms with E-state index in [1.807, 2.05) is 25.1 Å². The van der Waals surface area contributed by atoms with Gasteiger partial charge in [-0.1, -0.05) is 24.3 Å². The molecule has 0 bridgehead atoms. The zero-order chi connectivity index (χ0) is 16.2. The van der Waals surface area contributed by atoms with Crippen molar-refractivity contribution in [3.05, 3.63) is 53.6 Å². The molecule has 118 valence electrons. The lowest BCUT2D eigenvalue weighted by Gasteiger charge is -2.13. The smallest absolute Gasteiger partial charge is 0.237 e. The number of rotatable bonds is 6. The van der Waals surface area contributed by atoms with Crippen LogP contribution in [0.1, 0.15) is 11.1 Å². The van der Waals surface area contributed by atoms with Gasteiger partial charge in [-0.25, -0.2) is 8.42 Å². The number of hydrogen-bond acceptors (Lipinski definition) is 4. The Morgan fingerprint density at radius 3 is 2.41 bits per heavy atom. The molecule has 0 amide bonds. The topological polar surface area (TPSA) is 64.6 Å². The molecule has 2 rings (SSSR count). The van der Waals surface area contributed by atoms with E-state index in [9.17, 15) is 8.42 Å². The number of aryl methyl sites for hydroxylation is 1. The summed E-state index contributed by atoms with van der Waals surface area (Å²) < 4.78 is 37.6. The second kappa shape index (κ2) is 6.70. The van der Waals surface area contributed by atoms with Crippen molar-refractivity contribution >= 4 is 15.7 Å². The summed E-state index contributed by atoms with van der Waals surface area (Å²) >= 11 is 0. The van der Waals surface area contributed by atoms with Crippen molar-refractivity contribution in [2.24, 2.45) is 0 Å². The quantitative estimate of drug-likeness (QED) is 0.888. The fourth-order valence-corrected chi connectivity index (χ4v) is 3.37. The van der Waals surface area contributed by atoms with Gasteiger partial charge in [-0.05, 0) is 30.2 Å². The minimum absolute atomic E-state index is 0.0972. The Kier molecular flexibility index (Phi) is 4.92. The number of nitrogens with one attached hydrogen (secondary N) is 1. The summed E-state index contributed by atoms with van der Waals surface area (Å²) in [5.41, 5.74) is 2.05. The van der Waals surface area contributed by atoms with Crippen LogP contribution in [0.25, 0.3) is 0 Å². The molecule has 0 saturated carbocycles. The molecule has 2 aromatic carbocycles. The Balaban J connectivity index is 2.27. The monoisotopic (exact) mass is 321 g/mol. The van der Waals surface area contributed by atoms with Gasteiger partial charge in [-0.2, -0.15) is 0 Å². The van der Waals surface area contributed by atoms with E-state index >= 15 is 0 Å². The van der Waals surface area contributed by atoms with Crippen molar-refractivity contribution in [2.45, 2.75) is 12.7 Å². The van der Waals surface area contributed by atoms with Gasteiger partial charge in [0.2, 0.25) is 10.0 Å². The fourth-order valence-electron chi connectivity index (χ4n) is 2.07. The third-order valence-electron chi connectivity index (χ3n) is 3.28. The van der Waals surface area contributed by atoms with E-state index < -0.39 is 10.0 Å². The van der Waals surface area contributed by atoms with E-state index in [0.717, 1.165) is 11.1 Å². The summed E-state index contributed by atoms with van der Waals surface area (Å²) in [5.74, 6) is 0.892. The molecular weight excluding hydrogens is 302 g/mol. The lowest BCUT2D eigenvalue weighted by Crippen LogP contribution is -2.16. The van der Waals surface area contributed by atoms with Gasteiger partial charge in [0, 0.05) is 6.07 Å². The van der Waals surface area contributed by atoms with Crippen LogP contribution in [-0.4, -0.2) is 22.6 Å². The van der Waals surface area contributed by atoms with Gasteiger partial charge in [-0.3, -0.25) is 4.72 Å². The zero-order valence-electron chi connectivity index (χ0n) is 12.8. The molecule has 0 atom stereocenters. The van der Waals surface area contributed by atoms with Crippen LogP contribution in [0.15, 0.2) is 42.5 Å². The van der Waals surface area contributed by atoms with Gasteiger partial charge in [0.25, 0.3) is 0 Å². The number of anilines is 1. The molecule has 0 fully saturated rings. The molecule has 0 spiro atoms. The van der Waals surface area contributed by atoms with Gasteiger partial charge < -0.3 is 9.47 Å². The summed E-state index contributed by atoms with van der Waals surface area (Å²) in [6.45, 7) is 1.89. The molecule has 6 heteroatoms. The molecule has 2 aromatic rings. The summed E-state index contributed by atoms with van der Waals surface area (Å²) in [6, 6.07) is 12.3. The zero-order valence-corrected chi connectivity index (χ0v) is 13.6. The minimum atomic E-state index is -3.55. The first-order chi connectivity index (χ1) is 10.4. The minimum Gasteiger partial charge on any atom is -0.497 e. The highest BCUT2D eigenvalue weighted by Gasteiger charge is 2.16. The van der Waals surface area contributed by atoms with E-state index in [1.54, 1.807) is 24.3 Å². The number of ether oxygens (including phenoxy) is 2. The van der Waals surface area contributed by atoms with Crippen molar-refractivity contribution in [1.29, 1.82) is 0 Å². The number of hydrogen-bond donors (Lipinski definition) is 1. The van der Waals surface area contributed by atoms with Gasteiger partial charge in [-0.15, -0.1) is 0 Å². The predicted molar refractivity (Wildman–Crippen MR) is 87.0 cm³/mol. The fraction of sp³-hybridized carbons (Fsp3) is 0.250. The van der Waals surface area contributed by atoms with Crippen LogP contribution in [0.2, 0.25) is 0 Å². The molecule has 22 heavy (non-hydrogen) atoms. The molecule has 0 aromatic heterocycles. The molecule has 0 heterocycles. The summed E-state index contributed by atoms with van der Waals surface area (Å²) in [7, 11) is -0.545. The molecule has 0 aliphatic rings. The van der Waals surface area contributed by atoms with Gasteiger partial charge in [0.1, 0.15) is 11.5 Å². The van der Waals surface area contributed by atoms with Gasteiger partial charge >= 0.3 is 0 Å². The average Bonchev–Trinajstić information content (AvgIpc) is 2.49. The standard InChI is InChI=1S/C16H19NO4S/c1-12-6-4-5-7-13(12)11-22(18,19)17-15-10-14(20-2)8-9-16(15)21-3/h4-10,17H,11H2,1-3H3. The maximum absolute atomic E-state index is 12.4. The summed E-state index contributed by atoms with van der Waals surface area (Å²) in [5, 5.41) is 0. The second-order valence-corrected chi connectivity index (χ2v) is 6.58. The maximum atomic E-state index is 12.4. The van der Waals surface area contributed by atoms with Crippen molar-refractivity contribution in [3.8, 4) is 11.5 Å². The van der Waals surface area contributed by atoms with Crippen LogP contribution < -0.4 is 14.2 Å². The molecular formula is C16H19NO4S. The van der Waals surface area contributed by atoms with Crippen molar-refractivity contribution in [3.63, 3.8) is 0 Å². The van der Waals surface area contributed by atoms with Crippen LogP contribution in [0, 0.1) is 6.92 Å². The Labute approximate surface area is 130 Å². The first kappa shape index (κ1) is 16.2. The van der Waals surface area contributed by atoms with Crippen molar-refractivity contribution < 1.29 is 17.9 Å². The second-order valence-electron chi connectivity index (χ2n) is 4.85. The predicted octanol–water partition coefficient (Wildman–Crippen LogP) is 2.95. The highest BCUT2D eigenvalue weighted by atomic mass is 32.2. The lowest BCUT2D eigenvalue weighted by atomic mass is 10.1. The van der Waals surface area contributed by atoms with Crippen LogP contribution in [0.3, 0.4) is 0 Å². The Morgan fingerprint density at radius 2 is 1.77 bits per heavy atom. The number of methoxy groups -OCH3 is 2. The van der Waals surface area contributed by atoms with E-state index in [4.69, 9.17) is 9.47 Å². The SMILES string of the molecule is COc1ccc(OC)c(NS(=O)(=O)Cc2ccccc2C)c1. The summed E-state index contributed by atoms with van der Waals surface area (Å²) in [4.78, 5) is 0. The van der Waals surface area contributed by atoms with E-state index in [2.05, 4.69) is 4.72 Å². The van der Waals surface area contributed by atoms with Crippen LogP contribution in [-0.2, 0) is 15.8 Å². The van der Waals surface area contributed by atoms with E-state index in [1.165, 1.54) is 14.2 Å². The van der Waals surface area contributed by atoms with E-state index in [0.29, 0.717) is 17.2 Å². The van der Waals surface area contributed by atoms with Gasteiger partial charge in [0.15, 0.2) is 0 Å². The van der Waals surface area contributed by atoms with Crippen molar-refractivity contribution in [1.82, 2.24) is 0 Å². The highest BCUT2D eigenvalue weighted by Crippen LogP contribution is 2.30. The molecule has 0 aliphatic heterocycles. The molecule has 0 aliphatic carbocycles. The molecule has 0 unspecified atom stereocenters. The van der Waals surface area contributed by atoms with Crippen LogP contribution in [0.5, 0.6) is 11.5 Å². The highest BCUT2D eigenvalue weighted by molar-refractivity contribution is 7.91. The summed E-state index contributed by atoms with van der Waals surface area (Å²) in [6.07, 6.45) is 0. The molecule has 0 saturated heterocycles. The van der Waals surface area contributed by atoms with Crippen molar-refractivity contribution in [2.75, 3.05) is 18.9 Å². The lowest BCUT2D eigenvalue weighted by molar-refractivity contribution is 0.405.